The first-order valence-electron chi connectivity index (χ1n) is 10.5. The molecule has 0 fully saturated rings. The summed E-state index contributed by atoms with van der Waals surface area (Å²) in [5, 5.41) is 2.99. The first-order chi connectivity index (χ1) is 15.1. The van der Waals surface area contributed by atoms with Crippen LogP contribution in [0.15, 0.2) is 78.9 Å². The van der Waals surface area contributed by atoms with E-state index in [1.807, 2.05) is 60.7 Å². The Morgan fingerprint density at radius 2 is 1.58 bits per heavy atom. The Morgan fingerprint density at radius 3 is 2.29 bits per heavy atom. The van der Waals surface area contributed by atoms with E-state index in [1.165, 1.54) is 5.56 Å². The van der Waals surface area contributed by atoms with Gasteiger partial charge in [0.2, 0.25) is 5.91 Å². The molecule has 2 amide bonds. The van der Waals surface area contributed by atoms with Crippen molar-refractivity contribution in [2.45, 2.75) is 19.4 Å². The van der Waals surface area contributed by atoms with Crippen LogP contribution in [0.2, 0.25) is 0 Å². The van der Waals surface area contributed by atoms with Gasteiger partial charge in [0.05, 0.1) is 6.54 Å². The molecule has 0 aliphatic heterocycles. The Balaban J connectivity index is 1.55. The van der Waals surface area contributed by atoms with E-state index in [9.17, 15) is 9.59 Å². The quantitative estimate of drug-likeness (QED) is 0.524. The van der Waals surface area contributed by atoms with Crippen molar-refractivity contribution in [1.82, 2.24) is 10.2 Å². The average molecular weight is 416 g/mol. The fraction of sp³-hybridized carbons (Fsp3) is 0.231. The number of carbonyl (C=O) groups is 2. The third-order valence-corrected chi connectivity index (χ3v) is 5.20. The van der Waals surface area contributed by atoms with Crippen LogP contribution in [0.1, 0.15) is 27.9 Å². The molecule has 0 radical (unpaired) electrons. The predicted molar refractivity (Wildman–Crippen MR) is 125 cm³/mol. The highest BCUT2D eigenvalue weighted by Crippen LogP contribution is 2.21. The fourth-order valence-electron chi connectivity index (χ4n) is 3.42. The number of likely N-dealkylation sites (N-methyl/N-ethyl adjacent to an activating group) is 1. The zero-order valence-electron chi connectivity index (χ0n) is 17.9. The van der Waals surface area contributed by atoms with Crippen molar-refractivity contribution in [3.63, 3.8) is 0 Å². The number of aryl methyl sites for hydroxylation is 1. The number of nitrogens with one attached hydrogen (secondary N) is 1. The van der Waals surface area contributed by atoms with E-state index in [1.54, 1.807) is 11.9 Å². The maximum atomic E-state index is 12.4. The van der Waals surface area contributed by atoms with Crippen molar-refractivity contribution in [1.29, 1.82) is 0 Å². The second-order valence-corrected chi connectivity index (χ2v) is 7.58. The summed E-state index contributed by atoms with van der Waals surface area (Å²) in [6, 6.07) is 25.9. The molecule has 0 atom stereocenters. The number of carbonyl (C=O) groups excluding carboxylic acids is 2. The number of amides is 2. The van der Waals surface area contributed by atoms with Crippen molar-refractivity contribution < 1.29 is 9.59 Å². The number of rotatable bonds is 9. The summed E-state index contributed by atoms with van der Waals surface area (Å²) in [5.74, 6) is -0.153. The van der Waals surface area contributed by atoms with Gasteiger partial charge in [-0.15, -0.1) is 0 Å². The van der Waals surface area contributed by atoms with Gasteiger partial charge in [-0.1, -0.05) is 60.7 Å². The molecular formula is C26H29N3O2. The Kier molecular flexibility index (Phi) is 7.96. The molecule has 3 rings (SSSR count). The van der Waals surface area contributed by atoms with Crippen LogP contribution in [-0.4, -0.2) is 36.9 Å². The van der Waals surface area contributed by atoms with Crippen molar-refractivity contribution >= 4 is 11.8 Å². The lowest BCUT2D eigenvalue weighted by Crippen LogP contribution is -2.32. The van der Waals surface area contributed by atoms with Gasteiger partial charge < -0.3 is 16.0 Å². The molecule has 0 bridgehead atoms. The van der Waals surface area contributed by atoms with Gasteiger partial charge in [-0.25, -0.2) is 0 Å². The Morgan fingerprint density at radius 1 is 0.871 bits per heavy atom. The maximum Gasteiger partial charge on any atom is 0.251 e. The zero-order valence-corrected chi connectivity index (χ0v) is 17.9. The van der Waals surface area contributed by atoms with E-state index >= 15 is 0 Å². The van der Waals surface area contributed by atoms with Gasteiger partial charge in [0.15, 0.2) is 0 Å². The van der Waals surface area contributed by atoms with Crippen molar-refractivity contribution in [3.05, 3.63) is 95.6 Å². The van der Waals surface area contributed by atoms with Crippen LogP contribution in [0, 0.1) is 0 Å². The topological polar surface area (TPSA) is 75.4 Å². The summed E-state index contributed by atoms with van der Waals surface area (Å²) in [5.41, 5.74) is 10.4. The van der Waals surface area contributed by atoms with E-state index < -0.39 is 0 Å². The largest absolute Gasteiger partial charge is 0.352 e. The van der Waals surface area contributed by atoms with E-state index in [0.29, 0.717) is 18.7 Å². The molecule has 0 aliphatic rings. The predicted octanol–water partition coefficient (Wildman–Crippen LogP) is 3.63. The number of benzene rings is 3. The van der Waals surface area contributed by atoms with Gasteiger partial charge >= 0.3 is 0 Å². The third-order valence-electron chi connectivity index (χ3n) is 5.20. The molecule has 3 aromatic rings. The number of hydrogen-bond donors (Lipinski definition) is 2. The van der Waals surface area contributed by atoms with Crippen molar-refractivity contribution in [2.24, 2.45) is 5.73 Å². The van der Waals surface area contributed by atoms with Crippen molar-refractivity contribution in [2.75, 3.05) is 20.1 Å². The second kappa shape index (κ2) is 11.1. The lowest BCUT2D eigenvalue weighted by molar-refractivity contribution is -0.128. The Bertz CT molecular complexity index is 1000. The molecule has 3 aromatic carbocycles. The molecule has 0 aromatic heterocycles. The molecule has 0 unspecified atom stereocenters. The van der Waals surface area contributed by atoms with Crippen LogP contribution in [0.5, 0.6) is 0 Å². The Labute approximate surface area is 183 Å². The maximum absolute atomic E-state index is 12.4. The SMILES string of the molecule is CN(Cc1cccc(-c2ccc(C(=O)NCCCc3ccccc3)cc2)c1)C(=O)CN. The first-order valence-corrected chi connectivity index (χ1v) is 10.5. The van der Waals surface area contributed by atoms with Crippen LogP contribution in [0.4, 0.5) is 0 Å². The Hall–Kier alpha value is -3.44. The van der Waals surface area contributed by atoms with E-state index in [-0.39, 0.29) is 18.4 Å². The molecule has 5 nitrogen and oxygen atoms in total. The normalized spacial score (nSPS) is 10.5. The minimum absolute atomic E-state index is 0.00592. The van der Waals surface area contributed by atoms with Gasteiger partial charge in [0.25, 0.3) is 5.91 Å². The number of nitrogens with two attached hydrogens (primary N) is 1. The van der Waals surface area contributed by atoms with Crippen LogP contribution < -0.4 is 11.1 Å². The third kappa shape index (κ3) is 6.52. The second-order valence-electron chi connectivity index (χ2n) is 7.58. The van der Waals surface area contributed by atoms with Gasteiger partial charge in [-0.05, 0) is 53.3 Å². The average Bonchev–Trinajstić information content (AvgIpc) is 2.82. The molecule has 5 heteroatoms. The zero-order chi connectivity index (χ0) is 22.1. The van der Waals surface area contributed by atoms with Gasteiger partial charge in [-0.2, -0.15) is 0 Å². The molecule has 3 N–H and O–H groups in total. The standard InChI is InChI=1S/C26H29N3O2/c1-29(25(30)18-27)19-21-9-5-11-24(17-21)22-12-14-23(15-13-22)26(31)28-16-6-10-20-7-3-2-4-8-20/h2-5,7-9,11-15,17H,6,10,16,18-19,27H2,1H3,(H,28,31). The molecule has 160 valence electrons. The smallest absolute Gasteiger partial charge is 0.251 e. The van der Waals surface area contributed by atoms with Crippen LogP contribution in [-0.2, 0) is 17.8 Å². The van der Waals surface area contributed by atoms with E-state index in [2.05, 4.69) is 23.5 Å². The van der Waals surface area contributed by atoms with Crippen LogP contribution in [0.3, 0.4) is 0 Å². The number of nitrogens with zero attached hydrogens (tertiary/aromatic N) is 1. The molecule has 0 saturated heterocycles. The monoisotopic (exact) mass is 415 g/mol. The summed E-state index contributed by atoms with van der Waals surface area (Å²) in [6.45, 7) is 1.16. The number of hydrogen-bond acceptors (Lipinski definition) is 3. The summed E-state index contributed by atoms with van der Waals surface area (Å²) in [6.07, 6.45) is 1.85. The molecular weight excluding hydrogens is 386 g/mol. The van der Waals surface area contributed by atoms with Crippen LogP contribution >= 0.6 is 0 Å². The van der Waals surface area contributed by atoms with Gasteiger partial charge in [0.1, 0.15) is 0 Å². The van der Waals surface area contributed by atoms with Gasteiger partial charge in [-0.3, -0.25) is 9.59 Å². The minimum atomic E-state index is -0.0930. The minimum Gasteiger partial charge on any atom is -0.352 e. The lowest BCUT2D eigenvalue weighted by atomic mass is 10.0. The van der Waals surface area contributed by atoms with Crippen LogP contribution in [0.25, 0.3) is 11.1 Å². The summed E-state index contributed by atoms with van der Waals surface area (Å²) >= 11 is 0. The summed E-state index contributed by atoms with van der Waals surface area (Å²) < 4.78 is 0. The summed E-state index contributed by atoms with van der Waals surface area (Å²) in [7, 11) is 1.75. The highest BCUT2D eigenvalue weighted by molar-refractivity contribution is 5.94. The first kappa shape index (κ1) is 22.2. The molecule has 0 saturated carbocycles. The molecule has 0 heterocycles. The lowest BCUT2D eigenvalue weighted by Gasteiger charge is -2.16. The molecule has 0 spiro atoms. The van der Waals surface area contributed by atoms with E-state index in [4.69, 9.17) is 5.73 Å². The van der Waals surface area contributed by atoms with Gasteiger partial charge in [0, 0.05) is 25.7 Å². The summed E-state index contributed by atoms with van der Waals surface area (Å²) in [4.78, 5) is 25.7. The molecule has 0 aliphatic carbocycles. The fourth-order valence-corrected chi connectivity index (χ4v) is 3.42. The molecule has 31 heavy (non-hydrogen) atoms. The van der Waals surface area contributed by atoms with E-state index in [0.717, 1.165) is 29.5 Å². The highest BCUT2D eigenvalue weighted by Gasteiger charge is 2.09. The van der Waals surface area contributed by atoms with Crippen molar-refractivity contribution in [3.8, 4) is 11.1 Å². The highest BCUT2D eigenvalue weighted by atomic mass is 16.2.